The Labute approximate surface area is 208 Å². The van der Waals surface area contributed by atoms with Crippen LogP contribution >= 0.6 is 11.6 Å². The summed E-state index contributed by atoms with van der Waals surface area (Å²) in [6.45, 7) is 16.6. The van der Waals surface area contributed by atoms with Crippen molar-refractivity contribution >= 4 is 17.5 Å². The monoisotopic (exact) mass is 489 g/mol. The maximum Gasteiger partial charge on any atom is 0.227 e. The van der Waals surface area contributed by atoms with E-state index in [1.54, 1.807) is 4.68 Å². The largest absolute Gasteiger partial charge is 0.361 e. The molecule has 4 rings (SSSR count). The van der Waals surface area contributed by atoms with Gasteiger partial charge in [-0.1, -0.05) is 37.5 Å². The molecular formula is C26H40ClN5O2. The molecule has 0 aromatic carbocycles. The lowest BCUT2D eigenvalue weighted by Crippen LogP contribution is -2.51. The normalized spacial score (nSPS) is 19.2. The molecule has 7 nitrogen and oxygen atoms in total. The summed E-state index contributed by atoms with van der Waals surface area (Å²) in [5.74, 6) is 0.842. The number of rotatable bonds is 6. The van der Waals surface area contributed by atoms with Crippen LogP contribution in [0.15, 0.2) is 10.6 Å². The van der Waals surface area contributed by atoms with Crippen LogP contribution in [0.5, 0.6) is 0 Å². The maximum absolute atomic E-state index is 13.5. The predicted octanol–water partition coefficient (Wildman–Crippen LogP) is 5.20. The molecule has 0 saturated carbocycles. The third-order valence-corrected chi connectivity index (χ3v) is 8.01. The van der Waals surface area contributed by atoms with Crippen LogP contribution in [0.4, 0.5) is 0 Å². The molecule has 4 heterocycles. The number of halogens is 1. The fourth-order valence-corrected chi connectivity index (χ4v) is 5.68. The van der Waals surface area contributed by atoms with Crippen LogP contribution in [0, 0.1) is 17.8 Å². The van der Waals surface area contributed by atoms with E-state index in [1.165, 1.54) is 32.2 Å². The van der Waals surface area contributed by atoms with Gasteiger partial charge in [-0.25, -0.2) is 0 Å². The van der Waals surface area contributed by atoms with Crippen molar-refractivity contribution in [1.82, 2.24) is 24.7 Å². The number of aryl methyl sites for hydroxylation is 2. The van der Waals surface area contributed by atoms with Gasteiger partial charge in [-0.05, 0) is 76.4 Å². The zero-order valence-corrected chi connectivity index (χ0v) is 22.2. The van der Waals surface area contributed by atoms with Crippen molar-refractivity contribution < 1.29 is 9.32 Å². The highest BCUT2D eigenvalue weighted by Gasteiger charge is 2.40. The number of hydrogen-bond donors (Lipinski definition) is 0. The van der Waals surface area contributed by atoms with Crippen LogP contribution in [0.25, 0.3) is 11.4 Å². The molecule has 1 spiro atoms. The summed E-state index contributed by atoms with van der Waals surface area (Å²) in [7, 11) is 0. The molecule has 0 radical (unpaired) electrons. The molecule has 2 saturated heterocycles. The maximum atomic E-state index is 13.5. The number of carbonyl (C=O) groups excluding carboxylic acids is 1. The minimum atomic E-state index is 0.133. The Morgan fingerprint density at radius 3 is 2.56 bits per heavy atom. The van der Waals surface area contributed by atoms with Gasteiger partial charge in [0.05, 0.1) is 6.42 Å². The van der Waals surface area contributed by atoms with Crippen LogP contribution in [0.3, 0.4) is 0 Å². The van der Waals surface area contributed by atoms with E-state index in [2.05, 4.69) is 40.8 Å². The fraction of sp³-hybridized carbons (Fsp3) is 0.731. The third kappa shape index (κ3) is 5.68. The molecule has 2 fully saturated rings. The first-order chi connectivity index (χ1) is 16.1. The van der Waals surface area contributed by atoms with E-state index in [4.69, 9.17) is 16.1 Å². The predicted molar refractivity (Wildman–Crippen MR) is 135 cm³/mol. The van der Waals surface area contributed by atoms with Gasteiger partial charge in [-0.2, -0.15) is 5.10 Å². The number of aromatic nitrogens is 3. The molecule has 0 aliphatic carbocycles. The molecule has 1 amide bonds. The van der Waals surface area contributed by atoms with E-state index in [1.807, 2.05) is 19.9 Å². The van der Waals surface area contributed by atoms with Crippen LogP contribution in [-0.2, 0) is 17.8 Å². The molecule has 2 aliphatic rings. The van der Waals surface area contributed by atoms with Crippen LogP contribution in [0.2, 0.25) is 5.15 Å². The van der Waals surface area contributed by atoms with E-state index >= 15 is 0 Å². The van der Waals surface area contributed by atoms with Gasteiger partial charge in [-0.3, -0.25) is 9.48 Å². The summed E-state index contributed by atoms with van der Waals surface area (Å²) >= 11 is 6.66. The molecule has 2 aromatic heterocycles. The Bertz CT molecular complexity index is 997. The summed E-state index contributed by atoms with van der Waals surface area (Å²) in [6.07, 6.45) is 6.13. The number of nitrogens with zero attached hydrogens (tertiary/aromatic N) is 5. The first kappa shape index (κ1) is 25.2. The van der Waals surface area contributed by atoms with Crippen molar-refractivity contribution in [2.75, 3.05) is 32.7 Å². The highest BCUT2D eigenvalue weighted by Crippen LogP contribution is 2.40. The van der Waals surface area contributed by atoms with Crippen molar-refractivity contribution in [1.29, 1.82) is 0 Å². The average molecular weight is 490 g/mol. The lowest BCUT2D eigenvalue weighted by molar-refractivity contribution is -0.135. The van der Waals surface area contributed by atoms with Gasteiger partial charge in [-0.15, -0.1) is 0 Å². The first-order valence-corrected chi connectivity index (χ1v) is 13.2. The van der Waals surface area contributed by atoms with Crippen molar-refractivity contribution in [2.45, 2.75) is 79.7 Å². The van der Waals surface area contributed by atoms with Gasteiger partial charge in [0.25, 0.3) is 0 Å². The van der Waals surface area contributed by atoms with Gasteiger partial charge in [0.1, 0.15) is 22.3 Å². The number of amides is 1. The van der Waals surface area contributed by atoms with Gasteiger partial charge >= 0.3 is 0 Å². The smallest absolute Gasteiger partial charge is 0.227 e. The van der Waals surface area contributed by atoms with Crippen LogP contribution in [0.1, 0.15) is 71.1 Å². The topological polar surface area (TPSA) is 67.4 Å². The summed E-state index contributed by atoms with van der Waals surface area (Å²) in [5.41, 5.74) is 2.66. The number of carbonyl (C=O) groups is 1. The second-order valence-electron chi connectivity index (χ2n) is 11.5. The SMILES string of the molecule is CCn1nc(-c2cc(C)on2)c(CC(=O)N2CCCC3(CCN(CCC(C)(C)C)CC3)C2)c1Cl. The lowest BCUT2D eigenvalue weighted by Gasteiger charge is -2.48. The van der Waals surface area contributed by atoms with E-state index in [9.17, 15) is 4.79 Å². The molecule has 0 atom stereocenters. The summed E-state index contributed by atoms with van der Waals surface area (Å²) in [4.78, 5) is 18.2. The second-order valence-corrected chi connectivity index (χ2v) is 11.9. The molecule has 2 aromatic rings. The summed E-state index contributed by atoms with van der Waals surface area (Å²) in [5, 5.41) is 9.26. The molecule has 34 heavy (non-hydrogen) atoms. The molecule has 2 aliphatic heterocycles. The van der Waals surface area contributed by atoms with E-state index < -0.39 is 0 Å². The van der Waals surface area contributed by atoms with E-state index in [0.29, 0.717) is 34.3 Å². The average Bonchev–Trinajstić information content (AvgIpc) is 3.36. The Balaban J connectivity index is 1.42. The molecular weight excluding hydrogens is 450 g/mol. The van der Waals surface area contributed by atoms with Gasteiger partial charge in [0.2, 0.25) is 5.91 Å². The Morgan fingerprint density at radius 1 is 1.21 bits per heavy atom. The fourth-order valence-electron chi connectivity index (χ4n) is 5.36. The summed E-state index contributed by atoms with van der Waals surface area (Å²) < 4.78 is 6.99. The quantitative estimate of drug-likeness (QED) is 0.557. The Hall–Kier alpha value is -1.86. The van der Waals surface area contributed by atoms with Crippen LogP contribution in [-0.4, -0.2) is 63.4 Å². The lowest BCUT2D eigenvalue weighted by atomic mass is 9.72. The van der Waals surface area contributed by atoms with Crippen molar-refractivity contribution in [2.24, 2.45) is 10.8 Å². The Kier molecular flexibility index (Phi) is 7.44. The molecule has 0 unspecified atom stereocenters. The van der Waals surface area contributed by atoms with Crippen molar-refractivity contribution in [3.63, 3.8) is 0 Å². The van der Waals surface area contributed by atoms with Gasteiger partial charge < -0.3 is 14.3 Å². The number of likely N-dealkylation sites (tertiary alicyclic amines) is 2. The standard InChI is InChI=1S/C26H40ClN5O2/c1-6-32-24(27)20(23(28-32)21-16-19(2)34-29-21)17-22(33)31-12-7-8-26(18-31)10-14-30(15-11-26)13-9-25(3,4)5/h16H,6-15,17-18H2,1-5H3. The van der Waals surface area contributed by atoms with E-state index in [-0.39, 0.29) is 17.7 Å². The Morgan fingerprint density at radius 2 is 1.94 bits per heavy atom. The van der Waals surface area contributed by atoms with Crippen LogP contribution < -0.4 is 0 Å². The molecule has 8 heteroatoms. The minimum absolute atomic E-state index is 0.133. The van der Waals surface area contributed by atoms with E-state index in [0.717, 1.165) is 38.2 Å². The zero-order chi connectivity index (χ0) is 24.5. The third-order valence-electron chi connectivity index (χ3n) is 7.59. The molecule has 0 bridgehead atoms. The van der Waals surface area contributed by atoms with Gasteiger partial charge in [0, 0.05) is 31.3 Å². The highest BCUT2D eigenvalue weighted by atomic mass is 35.5. The zero-order valence-electron chi connectivity index (χ0n) is 21.5. The minimum Gasteiger partial charge on any atom is -0.361 e. The van der Waals surface area contributed by atoms with Crippen molar-refractivity contribution in [3.05, 3.63) is 22.5 Å². The number of piperidine rings is 2. The molecule has 0 N–H and O–H groups in total. The highest BCUT2D eigenvalue weighted by molar-refractivity contribution is 6.31. The summed E-state index contributed by atoms with van der Waals surface area (Å²) in [6, 6.07) is 1.84. The van der Waals surface area contributed by atoms with Crippen molar-refractivity contribution in [3.8, 4) is 11.4 Å². The molecule has 188 valence electrons. The second kappa shape index (κ2) is 10.0. The van der Waals surface area contributed by atoms with Gasteiger partial charge in [0.15, 0.2) is 0 Å². The number of hydrogen-bond acceptors (Lipinski definition) is 5. The first-order valence-electron chi connectivity index (χ1n) is 12.8.